The van der Waals surface area contributed by atoms with E-state index in [1.54, 1.807) is 0 Å². The number of nitrogens with two attached hydrogens (primary N) is 1. The SMILES string of the molecule is COC(=O)c1cnc(C(C)C)n1N. The molecule has 2 N–H and O–H groups in total. The minimum Gasteiger partial charge on any atom is -0.464 e. The molecule has 1 heterocycles. The van der Waals surface area contributed by atoms with Crippen molar-refractivity contribution in [1.29, 1.82) is 0 Å². The zero-order valence-corrected chi connectivity index (χ0v) is 7.94. The average Bonchev–Trinajstić information content (AvgIpc) is 2.46. The smallest absolute Gasteiger partial charge is 0.358 e. The normalized spacial score (nSPS) is 10.5. The number of imidazole rings is 1. The zero-order chi connectivity index (χ0) is 10.0. The number of ether oxygens (including phenoxy) is 1. The van der Waals surface area contributed by atoms with Gasteiger partial charge in [0.05, 0.1) is 13.3 Å². The van der Waals surface area contributed by atoms with E-state index in [4.69, 9.17) is 5.84 Å². The van der Waals surface area contributed by atoms with Gasteiger partial charge in [-0.15, -0.1) is 0 Å². The lowest BCUT2D eigenvalue weighted by Crippen LogP contribution is -2.20. The Morgan fingerprint density at radius 1 is 1.69 bits per heavy atom. The van der Waals surface area contributed by atoms with Crippen molar-refractivity contribution < 1.29 is 9.53 Å². The highest BCUT2D eigenvalue weighted by Gasteiger charge is 2.16. The Morgan fingerprint density at radius 2 is 2.31 bits per heavy atom. The van der Waals surface area contributed by atoms with Gasteiger partial charge in [-0.25, -0.2) is 14.5 Å². The summed E-state index contributed by atoms with van der Waals surface area (Å²) in [6, 6.07) is 0. The number of carbonyl (C=O) groups is 1. The summed E-state index contributed by atoms with van der Waals surface area (Å²) in [5.74, 6) is 6.01. The maximum Gasteiger partial charge on any atom is 0.358 e. The van der Waals surface area contributed by atoms with E-state index < -0.39 is 5.97 Å². The van der Waals surface area contributed by atoms with E-state index in [1.165, 1.54) is 18.0 Å². The summed E-state index contributed by atoms with van der Waals surface area (Å²) < 4.78 is 5.79. The first-order chi connectivity index (χ1) is 6.07. The molecule has 1 aromatic rings. The number of esters is 1. The van der Waals surface area contributed by atoms with Crippen LogP contribution in [-0.2, 0) is 4.74 Å². The Labute approximate surface area is 76.5 Å². The summed E-state index contributed by atoms with van der Waals surface area (Å²) in [6.45, 7) is 3.90. The molecule has 0 bridgehead atoms. The van der Waals surface area contributed by atoms with Crippen LogP contribution in [0.15, 0.2) is 6.20 Å². The molecule has 0 aromatic carbocycles. The van der Waals surface area contributed by atoms with Gasteiger partial charge in [-0.2, -0.15) is 0 Å². The average molecular weight is 183 g/mol. The molecule has 1 rings (SSSR count). The molecule has 0 aliphatic carbocycles. The molecule has 72 valence electrons. The second-order valence-electron chi connectivity index (χ2n) is 3.02. The highest BCUT2D eigenvalue weighted by Crippen LogP contribution is 2.12. The molecule has 0 unspecified atom stereocenters. The maximum atomic E-state index is 11.1. The van der Waals surface area contributed by atoms with Crippen molar-refractivity contribution in [3.63, 3.8) is 0 Å². The number of nitrogen functional groups attached to an aromatic ring is 1. The molecule has 0 aliphatic heterocycles. The van der Waals surface area contributed by atoms with Crippen LogP contribution in [0.5, 0.6) is 0 Å². The van der Waals surface area contributed by atoms with Crippen LogP contribution in [0.1, 0.15) is 36.1 Å². The molecule has 0 saturated carbocycles. The molecule has 0 radical (unpaired) electrons. The molecule has 0 amide bonds. The molecule has 13 heavy (non-hydrogen) atoms. The van der Waals surface area contributed by atoms with E-state index in [-0.39, 0.29) is 11.6 Å². The summed E-state index contributed by atoms with van der Waals surface area (Å²) in [5.41, 5.74) is 0.270. The Morgan fingerprint density at radius 3 is 2.69 bits per heavy atom. The van der Waals surface area contributed by atoms with Crippen LogP contribution in [-0.4, -0.2) is 22.7 Å². The number of hydrogen-bond acceptors (Lipinski definition) is 4. The minimum atomic E-state index is -0.470. The van der Waals surface area contributed by atoms with Gasteiger partial charge >= 0.3 is 5.97 Å². The number of nitrogens with zero attached hydrogens (tertiary/aromatic N) is 2. The van der Waals surface area contributed by atoms with Crippen LogP contribution in [0.3, 0.4) is 0 Å². The molecule has 5 heteroatoms. The quantitative estimate of drug-likeness (QED) is 0.535. The lowest BCUT2D eigenvalue weighted by atomic mass is 10.2. The van der Waals surface area contributed by atoms with Crippen molar-refractivity contribution in [3.05, 3.63) is 17.7 Å². The molecule has 0 fully saturated rings. The summed E-state index contributed by atoms with van der Waals surface area (Å²) >= 11 is 0. The predicted molar refractivity (Wildman–Crippen MR) is 47.8 cm³/mol. The first-order valence-corrected chi connectivity index (χ1v) is 3.99. The largest absolute Gasteiger partial charge is 0.464 e. The van der Waals surface area contributed by atoms with Gasteiger partial charge in [0.15, 0.2) is 5.69 Å². The van der Waals surface area contributed by atoms with Crippen LogP contribution in [0, 0.1) is 0 Å². The molecular weight excluding hydrogens is 170 g/mol. The number of methoxy groups -OCH3 is 1. The molecule has 0 spiro atoms. The number of hydrogen-bond donors (Lipinski definition) is 1. The number of rotatable bonds is 2. The lowest BCUT2D eigenvalue weighted by Gasteiger charge is -2.06. The van der Waals surface area contributed by atoms with Crippen LogP contribution < -0.4 is 5.84 Å². The molecular formula is C8H13N3O2. The van der Waals surface area contributed by atoms with Gasteiger partial charge in [0.25, 0.3) is 0 Å². The fraction of sp³-hybridized carbons (Fsp3) is 0.500. The second kappa shape index (κ2) is 3.47. The third kappa shape index (κ3) is 1.63. The summed E-state index contributed by atoms with van der Waals surface area (Å²) in [6.07, 6.45) is 1.42. The van der Waals surface area contributed by atoms with Gasteiger partial charge in [-0.3, -0.25) is 0 Å². The van der Waals surface area contributed by atoms with Crippen LogP contribution >= 0.6 is 0 Å². The standard InChI is InChI=1S/C8H13N3O2/c1-5(2)7-10-4-6(11(7)9)8(12)13-3/h4-5H,9H2,1-3H3. The van der Waals surface area contributed by atoms with Gasteiger partial charge in [0.2, 0.25) is 0 Å². The molecule has 0 atom stereocenters. The molecule has 0 saturated heterocycles. The highest BCUT2D eigenvalue weighted by atomic mass is 16.5. The summed E-state index contributed by atoms with van der Waals surface area (Å²) in [5, 5.41) is 0. The van der Waals surface area contributed by atoms with E-state index in [9.17, 15) is 4.79 Å². The topological polar surface area (TPSA) is 70.1 Å². The van der Waals surface area contributed by atoms with Crippen molar-refractivity contribution >= 4 is 5.97 Å². The van der Waals surface area contributed by atoms with Crippen LogP contribution in [0.2, 0.25) is 0 Å². The highest BCUT2D eigenvalue weighted by molar-refractivity contribution is 5.87. The summed E-state index contributed by atoms with van der Waals surface area (Å²) in [7, 11) is 1.31. The van der Waals surface area contributed by atoms with Crippen molar-refractivity contribution in [2.75, 3.05) is 13.0 Å². The van der Waals surface area contributed by atoms with E-state index in [1.807, 2.05) is 13.8 Å². The Bertz CT molecular complexity index is 317. The van der Waals surface area contributed by atoms with E-state index in [2.05, 4.69) is 9.72 Å². The lowest BCUT2D eigenvalue weighted by molar-refractivity contribution is 0.0590. The van der Waals surface area contributed by atoms with E-state index >= 15 is 0 Å². The maximum absolute atomic E-state index is 11.1. The van der Waals surface area contributed by atoms with Gasteiger partial charge in [0.1, 0.15) is 5.82 Å². The van der Waals surface area contributed by atoms with Gasteiger partial charge in [0, 0.05) is 5.92 Å². The van der Waals surface area contributed by atoms with Crippen molar-refractivity contribution in [2.45, 2.75) is 19.8 Å². The zero-order valence-electron chi connectivity index (χ0n) is 7.94. The van der Waals surface area contributed by atoms with Crippen LogP contribution in [0.4, 0.5) is 0 Å². The molecule has 5 nitrogen and oxygen atoms in total. The summed E-state index contributed by atoms with van der Waals surface area (Å²) in [4.78, 5) is 15.1. The van der Waals surface area contributed by atoms with E-state index in [0.29, 0.717) is 5.82 Å². The second-order valence-corrected chi connectivity index (χ2v) is 3.02. The van der Waals surface area contributed by atoms with Crippen molar-refractivity contribution in [1.82, 2.24) is 9.66 Å². The van der Waals surface area contributed by atoms with Crippen molar-refractivity contribution in [2.24, 2.45) is 0 Å². The Hall–Kier alpha value is -1.52. The predicted octanol–water partition coefficient (Wildman–Crippen LogP) is 0.507. The monoisotopic (exact) mass is 183 g/mol. The minimum absolute atomic E-state index is 0.184. The van der Waals surface area contributed by atoms with Gasteiger partial charge in [-0.05, 0) is 0 Å². The van der Waals surface area contributed by atoms with E-state index in [0.717, 1.165) is 0 Å². The fourth-order valence-corrected chi connectivity index (χ4v) is 1.06. The Kier molecular flexibility index (Phi) is 2.55. The Balaban J connectivity index is 3.06. The first-order valence-electron chi connectivity index (χ1n) is 3.99. The van der Waals surface area contributed by atoms with Gasteiger partial charge < -0.3 is 10.6 Å². The fourth-order valence-electron chi connectivity index (χ4n) is 1.06. The van der Waals surface area contributed by atoms with Gasteiger partial charge in [-0.1, -0.05) is 13.8 Å². The van der Waals surface area contributed by atoms with Crippen molar-refractivity contribution in [3.8, 4) is 0 Å². The number of aromatic nitrogens is 2. The third-order valence-electron chi connectivity index (χ3n) is 1.74. The molecule has 1 aromatic heterocycles. The van der Waals surface area contributed by atoms with Crippen LogP contribution in [0.25, 0.3) is 0 Å². The number of carbonyl (C=O) groups excluding carboxylic acids is 1. The first kappa shape index (κ1) is 9.57. The third-order valence-corrected chi connectivity index (χ3v) is 1.74. The molecule has 0 aliphatic rings.